The maximum atomic E-state index is 14.0. The Morgan fingerprint density at radius 2 is 1.79 bits per heavy atom. The zero-order chi connectivity index (χ0) is 24.5. The monoisotopic (exact) mass is 491 g/mol. The minimum atomic E-state index is -3.90. The number of rotatable bonds is 8. The van der Waals surface area contributed by atoms with E-state index in [9.17, 15) is 13.2 Å². The molecule has 7 nitrogen and oxygen atoms in total. The van der Waals surface area contributed by atoms with E-state index in [4.69, 9.17) is 16.3 Å². The summed E-state index contributed by atoms with van der Waals surface area (Å²) in [4.78, 5) is 17.9. The average Bonchev–Trinajstić information content (AvgIpc) is 2.72. The second-order valence-corrected chi connectivity index (χ2v) is 10.6. The van der Waals surface area contributed by atoms with Gasteiger partial charge in [-0.15, -0.1) is 0 Å². The Labute approximate surface area is 200 Å². The molecule has 9 heteroatoms. The number of hydrogen-bond acceptors (Lipinski definition) is 5. The van der Waals surface area contributed by atoms with Crippen LogP contribution in [-0.4, -0.2) is 42.5 Å². The lowest BCUT2D eigenvalue weighted by Gasteiger charge is -2.30. The summed E-state index contributed by atoms with van der Waals surface area (Å²) in [6, 6.07) is 7.92. The minimum Gasteiger partial charge on any atom is -0.385 e. The third-order valence-corrected chi connectivity index (χ3v) is 8.29. The van der Waals surface area contributed by atoms with Crippen LogP contribution in [0.3, 0.4) is 0 Å². The highest BCUT2D eigenvalue weighted by atomic mass is 35.5. The number of halogens is 1. The van der Waals surface area contributed by atoms with Crippen LogP contribution in [0.25, 0.3) is 10.9 Å². The largest absolute Gasteiger partial charge is 0.385 e. The van der Waals surface area contributed by atoms with Crippen molar-refractivity contribution in [3.63, 3.8) is 0 Å². The SMILES string of the molecule is COCCCN(C(C)c1nc2cc(Cl)ccc2c(=O)n1C)S(=O)(=O)c1c(C)cc(C)cc1C. The number of fused-ring (bicyclic) bond motifs is 1. The minimum absolute atomic E-state index is 0.216. The van der Waals surface area contributed by atoms with Crippen LogP contribution in [0.5, 0.6) is 0 Å². The van der Waals surface area contributed by atoms with Gasteiger partial charge in [0, 0.05) is 32.3 Å². The number of aromatic nitrogens is 2. The van der Waals surface area contributed by atoms with Crippen molar-refractivity contribution in [2.75, 3.05) is 20.3 Å². The Morgan fingerprint density at radius 3 is 2.39 bits per heavy atom. The van der Waals surface area contributed by atoms with Gasteiger partial charge in [0.2, 0.25) is 10.0 Å². The van der Waals surface area contributed by atoms with E-state index < -0.39 is 16.1 Å². The molecular weight excluding hydrogens is 462 g/mol. The van der Waals surface area contributed by atoms with Crippen molar-refractivity contribution in [2.45, 2.75) is 45.1 Å². The summed E-state index contributed by atoms with van der Waals surface area (Å²) < 4.78 is 35.9. The Balaban J connectivity index is 2.19. The summed E-state index contributed by atoms with van der Waals surface area (Å²) in [5, 5.41) is 0.884. The van der Waals surface area contributed by atoms with E-state index in [1.165, 1.54) is 8.87 Å². The Morgan fingerprint density at radius 1 is 1.15 bits per heavy atom. The van der Waals surface area contributed by atoms with Crippen LogP contribution in [-0.2, 0) is 21.8 Å². The van der Waals surface area contributed by atoms with Crippen molar-refractivity contribution in [2.24, 2.45) is 7.05 Å². The maximum Gasteiger partial charge on any atom is 0.261 e. The zero-order valence-electron chi connectivity index (χ0n) is 19.8. The molecule has 0 bridgehead atoms. The molecule has 0 N–H and O–H groups in total. The van der Waals surface area contributed by atoms with Gasteiger partial charge in [-0.25, -0.2) is 13.4 Å². The molecule has 0 spiro atoms. The van der Waals surface area contributed by atoms with E-state index in [0.717, 1.165) is 5.56 Å². The molecule has 178 valence electrons. The van der Waals surface area contributed by atoms with E-state index >= 15 is 0 Å². The lowest BCUT2D eigenvalue weighted by atomic mass is 10.1. The van der Waals surface area contributed by atoms with Gasteiger partial charge >= 0.3 is 0 Å². The molecule has 1 unspecified atom stereocenters. The maximum absolute atomic E-state index is 14.0. The van der Waals surface area contributed by atoms with Crippen LogP contribution in [0, 0.1) is 20.8 Å². The molecule has 0 aliphatic rings. The molecule has 33 heavy (non-hydrogen) atoms. The van der Waals surface area contributed by atoms with Gasteiger partial charge in [0.15, 0.2) is 0 Å². The van der Waals surface area contributed by atoms with Gasteiger partial charge in [-0.2, -0.15) is 4.31 Å². The topological polar surface area (TPSA) is 81.5 Å². The van der Waals surface area contributed by atoms with Crippen LogP contribution in [0.4, 0.5) is 0 Å². The van der Waals surface area contributed by atoms with Crippen LogP contribution in [0.15, 0.2) is 40.0 Å². The lowest BCUT2D eigenvalue weighted by Crippen LogP contribution is -2.38. The zero-order valence-corrected chi connectivity index (χ0v) is 21.4. The molecule has 1 heterocycles. The van der Waals surface area contributed by atoms with Gasteiger partial charge in [-0.1, -0.05) is 29.3 Å². The molecule has 2 aromatic carbocycles. The molecule has 3 rings (SSSR count). The predicted octanol–water partition coefficient (Wildman–Crippen LogP) is 4.30. The van der Waals surface area contributed by atoms with E-state index in [2.05, 4.69) is 4.98 Å². The van der Waals surface area contributed by atoms with Gasteiger partial charge in [0.1, 0.15) is 5.82 Å². The van der Waals surface area contributed by atoms with Gasteiger partial charge < -0.3 is 4.74 Å². The molecule has 0 aliphatic carbocycles. The third kappa shape index (κ3) is 4.99. The quantitative estimate of drug-likeness (QED) is 0.439. The molecule has 1 atom stereocenters. The Bertz CT molecular complexity index is 1330. The molecular formula is C24H30ClN3O4S. The lowest BCUT2D eigenvalue weighted by molar-refractivity contribution is 0.181. The van der Waals surface area contributed by atoms with E-state index in [0.29, 0.717) is 45.9 Å². The highest BCUT2D eigenvalue weighted by molar-refractivity contribution is 7.89. The van der Waals surface area contributed by atoms with E-state index in [1.807, 2.05) is 19.1 Å². The molecule has 0 saturated heterocycles. The molecule has 0 saturated carbocycles. The van der Waals surface area contributed by atoms with Crippen molar-refractivity contribution in [3.05, 3.63) is 68.2 Å². The number of ether oxygens (including phenoxy) is 1. The fraction of sp³-hybridized carbons (Fsp3) is 0.417. The van der Waals surface area contributed by atoms with Crippen LogP contribution in [0.2, 0.25) is 5.02 Å². The number of benzene rings is 2. The van der Waals surface area contributed by atoms with Crippen LogP contribution in [0.1, 0.15) is 41.9 Å². The fourth-order valence-corrected chi connectivity index (χ4v) is 6.55. The van der Waals surface area contributed by atoms with Crippen molar-refractivity contribution < 1.29 is 13.2 Å². The normalized spacial score (nSPS) is 13.1. The number of aryl methyl sites for hydroxylation is 3. The predicted molar refractivity (Wildman–Crippen MR) is 131 cm³/mol. The van der Waals surface area contributed by atoms with Gasteiger partial charge in [0.05, 0.1) is 21.8 Å². The second kappa shape index (κ2) is 9.93. The number of methoxy groups -OCH3 is 1. The average molecular weight is 492 g/mol. The standard InChI is InChI=1S/C24H30ClN3O4S/c1-15-12-16(2)22(17(3)13-15)33(30,31)28(10-7-11-32-6)18(4)23-26-21-14-19(25)8-9-20(21)24(29)27(23)5/h8-9,12-14,18H,7,10-11H2,1-6H3. The Kier molecular flexibility index (Phi) is 7.63. The van der Waals surface area contributed by atoms with Crippen molar-refractivity contribution in [1.82, 2.24) is 13.9 Å². The number of sulfonamides is 1. The first-order valence-electron chi connectivity index (χ1n) is 10.7. The van der Waals surface area contributed by atoms with Crippen LogP contribution < -0.4 is 5.56 Å². The van der Waals surface area contributed by atoms with Crippen molar-refractivity contribution in [3.8, 4) is 0 Å². The smallest absolute Gasteiger partial charge is 0.261 e. The molecule has 1 aromatic heterocycles. The summed E-state index contributed by atoms with van der Waals surface area (Å²) in [5.41, 5.74) is 2.55. The summed E-state index contributed by atoms with van der Waals surface area (Å²) >= 11 is 6.12. The number of nitrogens with zero attached hydrogens (tertiary/aromatic N) is 3. The fourth-order valence-electron chi connectivity index (χ4n) is 4.34. The van der Waals surface area contributed by atoms with Crippen molar-refractivity contribution >= 4 is 32.5 Å². The molecule has 3 aromatic rings. The molecule has 0 radical (unpaired) electrons. The van der Waals surface area contributed by atoms with E-state index in [-0.39, 0.29) is 17.0 Å². The van der Waals surface area contributed by atoms with Crippen LogP contribution >= 0.6 is 11.6 Å². The first kappa shape index (κ1) is 25.4. The highest BCUT2D eigenvalue weighted by Gasteiger charge is 2.34. The van der Waals surface area contributed by atoms with Gasteiger partial charge in [-0.3, -0.25) is 9.36 Å². The summed E-state index contributed by atoms with van der Waals surface area (Å²) in [5.74, 6) is 0.346. The summed E-state index contributed by atoms with van der Waals surface area (Å²) in [7, 11) is -0.715. The molecule has 0 amide bonds. The molecule has 0 aliphatic heterocycles. The first-order valence-corrected chi connectivity index (χ1v) is 12.6. The second-order valence-electron chi connectivity index (χ2n) is 8.36. The number of hydrogen-bond donors (Lipinski definition) is 0. The Hall–Kier alpha value is -2.26. The van der Waals surface area contributed by atoms with Crippen molar-refractivity contribution in [1.29, 1.82) is 0 Å². The highest BCUT2D eigenvalue weighted by Crippen LogP contribution is 2.31. The first-order chi connectivity index (χ1) is 15.5. The van der Waals surface area contributed by atoms with Gasteiger partial charge in [-0.05, 0) is 63.4 Å². The third-order valence-electron chi connectivity index (χ3n) is 5.78. The van der Waals surface area contributed by atoms with E-state index in [1.54, 1.807) is 53.1 Å². The van der Waals surface area contributed by atoms with Gasteiger partial charge in [0.25, 0.3) is 5.56 Å². The molecule has 0 fully saturated rings. The summed E-state index contributed by atoms with van der Waals surface area (Å²) in [6.45, 7) is 7.92. The summed E-state index contributed by atoms with van der Waals surface area (Å²) in [6.07, 6.45) is 0.497.